The van der Waals surface area contributed by atoms with Crippen LogP contribution in [0.1, 0.15) is 18.5 Å². The number of anilines is 1. The van der Waals surface area contributed by atoms with Crippen molar-refractivity contribution in [3.8, 4) is 0 Å². The molecule has 2 heterocycles. The molecule has 2 N–H and O–H groups in total. The first-order chi connectivity index (χ1) is 8.56. The third kappa shape index (κ3) is 2.84. The number of nitrogens with one attached hydrogen (secondary N) is 1. The lowest BCUT2D eigenvalue weighted by Crippen LogP contribution is -2.30. The van der Waals surface area contributed by atoms with Gasteiger partial charge in [-0.3, -0.25) is 4.79 Å². The Balaban J connectivity index is 1.95. The van der Waals surface area contributed by atoms with Crippen LogP contribution in [0.25, 0.3) is 0 Å². The number of hydrogen-bond acceptors (Lipinski definition) is 4. The van der Waals surface area contributed by atoms with Gasteiger partial charge in [0.25, 0.3) is 5.91 Å². The minimum atomic E-state index is -1.03. The largest absolute Gasteiger partial charge is 0.479 e. The monoisotopic (exact) mass is 250 g/mol. The molecule has 18 heavy (non-hydrogen) atoms. The summed E-state index contributed by atoms with van der Waals surface area (Å²) in [6, 6.07) is 5.28. The Morgan fingerprint density at radius 1 is 1.39 bits per heavy atom. The highest BCUT2D eigenvalue weighted by Gasteiger charge is 2.34. The van der Waals surface area contributed by atoms with Crippen LogP contribution in [0.4, 0.5) is 5.82 Å². The molecule has 1 saturated heterocycles. The molecule has 1 aliphatic heterocycles. The van der Waals surface area contributed by atoms with Gasteiger partial charge in [0.05, 0.1) is 0 Å². The van der Waals surface area contributed by atoms with Crippen molar-refractivity contribution in [2.45, 2.75) is 32.0 Å². The number of aliphatic carboxylic acids is 1. The van der Waals surface area contributed by atoms with Crippen molar-refractivity contribution < 1.29 is 19.4 Å². The van der Waals surface area contributed by atoms with Crippen LogP contribution in [0.15, 0.2) is 18.2 Å². The molecule has 0 bridgehead atoms. The van der Waals surface area contributed by atoms with Crippen LogP contribution < -0.4 is 5.32 Å². The van der Waals surface area contributed by atoms with Gasteiger partial charge >= 0.3 is 5.97 Å². The first kappa shape index (κ1) is 12.5. The number of carboxylic acid groups (broad SMARTS) is 1. The fraction of sp³-hybridized carbons (Fsp3) is 0.417. The van der Waals surface area contributed by atoms with Crippen LogP contribution in [-0.4, -0.2) is 34.2 Å². The van der Waals surface area contributed by atoms with E-state index in [2.05, 4.69) is 10.3 Å². The highest BCUT2D eigenvalue weighted by Crippen LogP contribution is 2.21. The van der Waals surface area contributed by atoms with E-state index < -0.39 is 18.2 Å². The summed E-state index contributed by atoms with van der Waals surface area (Å²) < 4.78 is 5.15. The maximum absolute atomic E-state index is 11.8. The molecule has 0 spiro atoms. The topological polar surface area (TPSA) is 88.5 Å². The molecule has 0 radical (unpaired) electrons. The highest BCUT2D eigenvalue weighted by atomic mass is 16.5. The fourth-order valence-electron chi connectivity index (χ4n) is 1.83. The van der Waals surface area contributed by atoms with Crippen molar-refractivity contribution in [1.29, 1.82) is 0 Å². The Hall–Kier alpha value is -1.95. The van der Waals surface area contributed by atoms with Crippen molar-refractivity contribution >= 4 is 17.7 Å². The molecule has 0 aliphatic carbocycles. The number of carbonyl (C=O) groups is 2. The van der Waals surface area contributed by atoms with E-state index in [1.807, 2.05) is 13.0 Å². The molecule has 1 amide bonds. The quantitative estimate of drug-likeness (QED) is 0.834. The Kier molecular flexibility index (Phi) is 3.57. The molecule has 6 heteroatoms. The molecule has 0 saturated carbocycles. The van der Waals surface area contributed by atoms with Gasteiger partial charge in [-0.25, -0.2) is 9.78 Å². The van der Waals surface area contributed by atoms with Crippen molar-refractivity contribution in [3.05, 3.63) is 23.9 Å². The predicted octanol–water partition coefficient (Wildman–Crippen LogP) is 0.961. The maximum Gasteiger partial charge on any atom is 0.332 e. The number of aromatic nitrogens is 1. The second kappa shape index (κ2) is 5.14. The zero-order valence-corrected chi connectivity index (χ0v) is 9.92. The van der Waals surface area contributed by atoms with Gasteiger partial charge in [-0.15, -0.1) is 0 Å². The molecular formula is C12H14N2O4. The van der Waals surface area contributed by atoms with Crippen molar-refractivity contribution in [2.24, 2.45) is 0 Å². The number of rotatable bonds is 3. The molecule has 2 rings (SSSR count). The number of aryl methyl sites for hydroxylation is 1. The van der Waals surface area contributed by atoms with Crippen molar-refractivity contribution in [1.82, 2.24) is 4.98 Å². The second-order valence-electron chi connectivity index (χ2n) is 4.18. The van der Waals surface area contributed by atoms with Gasteiger partial charge in [0, 0.05) is 5.69 Å². The van der Waals surface area contributed by atoms with E-state index in [1.165, 1.54) is 0 Å². The smallest absolute Gasteiger partial charge is 0.332 e. The van der Waals surface area contributed by atoms with E-state index in [1.54, 1.807) is 12.1 Å². The van der Waals surface area contributed by atoms with E-state index >= 15 is 0 Å². The van der Waals surface area contributed by atoms with Gasteiger partial charge in [0.15, 0.2) is 6.10 Å². The fourth-order valence-corrected chi connectivity index (χ4v) is 1.83. The lowest BCUT2D eigenvalue weighted by Gasteiger charge is -2.11. The van der Waals surface area contributed by atoms with Gasteiger partial charge in [-0.1, -0.05) is 6.07 Å². The van der Waals surface area contributed by atoms with Gasteiger partial charge in [-0.05, 0) is 31.9 Å². The van der Waals surface area contributed by atoms with Gasteiger partial charge in [-0.2, -0.15) is 0 Å². The molecule has 0 aromatic carbocycles. The summed E-state index contributed by atoms with van der Waals surface area (Å²) >= 11 is 0. The minimum Gasteiger partial charge on any atom is -0.479 e. The summed E-state index contributed by atoms with van der Waals surface area (Å²) in [4.78, 5) is 26.7. The number of amides is 1. The molecule has 2 atom stereocenters. The lowest BCUT2D eigenvalue weighted by molar-refractivity contribution is -0.150. The number of pyridine rings is 1. The summed E-state index contributed by atoms with van der Waals surface area (Å²) in [5.41, 5.74) is 0.795. The highest BCUT2D eigenvalue weighted by molar-refractivity contribution is 5.94. The molecule has 96 valence electrons. The summed E-state index contributed by atoms with van der Waals surface area (Å²) in [7, 11) is 0. The number of carbonyl (C=O) groups excluding carboxylic acids is 1. The number of hydrogen-bond donors (Lipinski definition) is 2. The van der Waals surface area contributed by atoms with E-state index in [9.17, 15) is 9.59 Å². The van der Waals surface area contributed by atoms with Crippen molar-refractivity contribution in [2.75, 3.05) is 5.32 Å². The zero-order valence-electron chi connectivity index (χ0n) is 9.92. The molecule has 1 aromatic rings. The third-order valence-electron chi connectivity index (χ3n) is 2.73. The van der Waals surface area contributed by atoms with Crippen LogP contribution in [0.2, 0.25) is 0 Å². The average molecular weight is 250 g/mol. The maximum atomic E-state index is 11.8. The minimum absolute atomic E-state index is 0.350. The van der Waals surface area contributed by atoms with Gasteiger partial charge in [0.1, 0.15) is 11.9 Å². The Morgan fingerprint density at radius 3 is 2.72 bits per heavy atom. The van der Waals surface area contributed by atoms with Crippen LogP contribution in [0.5, 0.6) is 0 Å². The Bertz CT molecular complexity index is 475. The number of nitrogens with zero attached hydrogens (tertiary/aromatic N) is 1. The summed E-state index contributed by atoms with van der Waals surface area (Å²) in [5.74, 6) is -0.932. The molecule has 0 unspecified atom stereocenters. The zero-order chi connectivity index (χ0) is 13.1. The van der Waals surface area contributed by atoms with E-state index in [0.29, 0.717) is 18.7 Å². The molecule has 6 nitrogen and oxygen atoms in total. The number of carboxylic acids is 1. The van der Waals surface area contributed by atoms with Crippen LogP contribution >= 0.6 is 0 Å². The SMILES string of the molecule is Cc1cccc(NC(=O)[C@@H]2CC[C@H](C(=O)O)O2)n1. The molecule has 1 aromatic heterocycles. The van der Waals surface area contributed by atoms with Gasteiger partial charge in [0.2, 0.25) is 0 Å². The average Bonchev–Trinajstić information content (AvgIpc) is 2.78. The first-order valence-corrected chi connectivity index (χ1v) is 5.69. The second-order valence-corrected chi connectivity index (χ2v) is 4.18. The lowest BCUT2D eigenvalue weighted by atomic mass is 10.2. The summed E-state index contributed by atoms with van der Waals surface area (Å²) in [5, 5.41) is 11.4. The summed E-state index contributed by atoms with van der Waals surface area (Å²) in [6.45, 7) is 1.82. The van der Waals surface area contributed by atoms with Gasteiger partial charge < -0.3 is 15.2 Å². The normalized spacial score (nSPS) is 22.7. The Morgan fingerprint density at radius 2 is 2.11 bits per heavy atom. The standard InChI is InChI=1S/C12H14N2O4/c1-7-3-2-4-10(13-7)14-11(15)8-5-6-9(18-8)12(16)17/h2-4,8-9H,5-6H2,1H3,(H,16,17)(H,13,14,15)/t8-,9+/m0/s1. The van der Waals surface area contributed by atoms with E-state index in [4.69, 9.17) is 9.84 Å². The number of ether oxygens (including phenoxy) is 1. The van der Waals surface area contributed by atoms with Crippen LogP contribution in [-0.2, 0) is 14.3 Å². The molecular weight excluding hydrogens is 236 g/mol. The molecule has 1 aliphatic rings. The van der Waals surface area contributed by atoms with Crippen LogP contribution in [0, 0.1) is 6.92 Å². The van der Waals surface area contributed by atoms with E-state index in [0.717, 1.165) is 5.69 Å². The third-order valence-corrected chi connectivity index (χ3v) is 2.73. The molecule has 1 fully saturated rings. The van der Waals surface area contributed by atoms with Crippen LogP contribution in [0.3, 0.4) is 0 Å². The predicted molar refractivity (Wildman–Crippen MR) is 63.1 cm³/mol. The van der Waals surface area contributed by atoms with E-state index in [-0.39, 0.29) is 5.91 Å². The Labute approximate surface area is 104 Å². The first-order valence-electron chi connectivity index (χ1n) is 5.69. The van der Waals surface area contributed by atoms with Crippen molar-refractivity contribution in [3.63, 3.8) is 0 Å². The summed E-state index contributed by atoms with van der Waals surface area (Å²) in [6.07, 6.45) is -0.830.